The van der Waals surface area contributed by atoms with E-state index in [2.05, 4.69) is 5.10 Å². The van der Waals surface area contributed by atoms with Crippen LogP contribution < -0.4 is 16.9 Å². The Bertz CT molecular complexity index is 1150. The van der Waals surface area contributed by atoms with Crippen LogP contribution >= 0.6 is 31.3 Å². The van der Waals surface area contributed by atoms with Crippen LogP contribution in [-0.4, -0.2) is 74.8 Å². The molecule has 0 bridgehead atoms. The fourth-order valence-corrected chi connectivity index (χ4v) is 4.59. The largest absolute Gasteiger partial charge is 0.477 e. The number of thioether (sulfide) groups is 2. The molecule has 15 nitrogen and oxygen atoms in total. The molecule has 1 fully saturated rings. The molecular formula is C14H16N5O10PS2. The zero-order valence-corrected chi connectivity index (χ0v) is 18.2. The Balaban J connectivity index is 0.000000654. The second-order valence-electron chi connectivity index (χ2n) is 5.97. The third kappa shape index (κ3) is 6.04. The van der Waals surface area contributed by atoms with Crippen molar-refractivity contribution in [3.63, 3.8) is 0 Å². The number of carbonyl (C=O) groups is 3. The van der Waals surface area contributed by atoms with Crippen molar-refractivity contribution in [1.82, 2.24) is 19.7 Å². The maximum Gasteiger partial charge on any atom is 0.466 e. The van der Waals surface area contributed by atoms with Gasteiger partial charge in [0.15, 0.2) is 5.16 Å². The van der Waals surface area contributed by atoms with Gasteiger partial charge in [0, 0.05) is 5.75 Å². The number of carboxylic acids is 1. The summed E-state index contributed by atoms with van der Waals surface area (Å²) in [5, 5.41) is 16.3. The number of phosphoric acid groups is 1. The average molecular weight is 509 g/mol. The Morgan fingerprint density at radius 2 is 1.97 bits per heavy atom. The normalized spacial score (nSPS) is 20.4. The monoisotopic (exact) mass is 509 g/mol. The lowest BCUT2D eigenvalue weighted by Crippen LogP contribution is -2.68. The highest BCUT2D eigenvalue weighted by Gasteiger charge is 2.51. The summed E-state index contributed by atoms with van der Waals surface area (Å²) in [5.41, 5.74) is 4.06. The molecule has 1 aromatic rings. The van der Waals surface area contributed by atoms with Crippen LogP contribution in [0.25, 0.3) is 0 Å². The van der Waals surface area contributed by atoms with E-state index in [1.54, 1.807) is 0 Å². The molecule has 2 unspecified atom stereocenters. The van der Waals surface area contributed by atoms with Crippen LogP contribution in [-0.2, 0) is 25.5 Å². The number of β-lactam (4-membered cyclic amide) rings is 1. The van der Waals surface area contributed by atoms with Gasteiger partial charge >= 0.3 is 24.9 Å². The quantitative estimate of drug-likeness (QED) is 0.0756. The van der Waals surface area contributed by atoms with Gasteiger partial charge in [0.1, 0.15) is 23.4 Å². The van der Waals surface area contributed by atoms with Crippen LogP contribution in [0.15, 0.2) is 37.5 Å². The molecule has 2 aliphatic rings. The standard InChI is InChI=1S/C14H13N5O6S2.H3O4P/c15-7-10(22)19-8(13(24)25)6(5-27-12(7)19)1-4-26-14-17-16-9(21)11(23)18(14)2-3-20;1-5(2,3)4/h1,3-4,7,12H,2,5,15H2,(H,16,21)(H,24,25);(H3,1,2,3,4)/b4-1+;. The second kappa shape index (κ2) is 10.4. The number of nitrogens with zero attached hydrogens (tertiary/aromatic N) is 3. The van der Waals surface area contributed by atoms with Crippen molar-refractivity contribution in [3.8, 4) is 0 Å². The second-order valence-corrected chi connectivity index (χ2v) is 8.97. The Morgan fingerprint density at radius 3 is 2.53 bits per heavy atom. The summed E-state index contributed by atoms with van der Waals surface area (Å²) in [5.74, 6) is -1.36. The summed E-state index contributed by atoms with van der Waals surface area (Å²) in [4.78, 5) is 80.0. The molecule has 1 saturated heterocycles. The number of allylic oxidation sites excluding steroid dienone is 1. The van der Waals surface area contributed by atoms with Gasteiger partial charge in [0.05, 0.1) is 6.54 Å². The molecule has 2 atom stereocenters. The summed E-state index contributed by atoms with van der Waals surface area (Å²) in [7, 11) is -4.64. The maximum absolute atomic E-state index is 11.9. The number of H-pyrrole nitrogens is 1. The fourth-order valence-electron chi connectivity index (χ4n) is 2.59. The van der Waals surface area contributed by atoms with E-state index in [4.69, 9.17) is 25.0 Å². The van der Waals surface area contributed by atoms with Crippen molar-refractivity contribution < 1.29 is 38.7 Å². The van der Waals surface area contributed by atoms with Gasteiger partial charge in [-0.2, -0.15) is 0 Å². The maximum atomic E-state index is 11.9. The number of aromatic amines is 1. The number of carbonyl (C=O) groups excluding carboxylic acids is 2. The van der Waals surface area contributed by atoms with E-state index < -0.39 is 42.2 Å². The van der Waals surface area contributed by atoms with Crippen LogP contribution in [0.4, 0.5) is 0 Å². The van der Waals surface area contributed by atoms with Crippen molar-refractivity contribution >= 4 is 49.5 Å². The molecule has 1 aromatic heterocycles. The predicted octanol–water partition coefficient (Wildman–Crippen LogP) is -2.61. The summed E-state index contributed by atoms with van der Waals surface area (Å²) in [6.07, 6.45) is 1.94. The third-order valence-corrected chi connectivity index (χ3v) is 5.98. The van der Waals surface area contributed by atoms with Gasteiger partial charge in [-0.05, 0) is 17.1 Å². The molecule has 0 spiro atoms. The van der Waals surface area contributed by atoms with E-state index in [-0.39, 0.29) is 17.4 Å². The molecule has 3 heterocycles. The molecule has 0 aromatic carbocycles. The van der Waals surface area contributed by atoms with Crippen LogP contribution in [0.2, 0.25) is 0 Å². The molecule has 174 valence electrons. The molecule has 18 heteroatoms. The van der Waals surface area contributed by atoms with Crippen molar-refractivity contribution in [3.05, 3.63) is 43.5 Å². The van der Waals surface area contributed by atoms with Crippen LogP contribution in [0.1, 0.15) is 0 Å². The SMILES string of the molecule is NC1C(=O)N2C(C(=O)O)=C(/C=C/Sc3n[nH]c(=O)c(=O)n3CC=O)CSC12.O=P(O)(O)O. The topological polar surface area (TPSA) is 246 Å². The number of aliphatic carboxylic acids is 1. The van der Waals surface area contributed by atoms with E-state index in [0.717, 1.165) is 21.2 Å². The van der Waals surface area contributed by atoms with Gasteiger partial charge < -0.3 is 30.3 Å². The first-order valence-corrected chi connectivity index (χ1v) is 11.8. The van der Waals surface area contributed by atoms with E-state index in [1.165, 1.54) is 23.2 Å². The number of fused-ring (bicyclic) bond motifs is 1. The van der Waals surface area contributed by atoms with E-state index in [0.29, 0.717) is 17.6 Å². The molecule has 3 rings (SSSR count). The van der Waals surface area contributed by atoms with Gasteiger partial charge in [-0.15, -0.1) is 16.9 Å². The smallest absolute Gasteiger partial charge is 0.466 e. The Morgan fingerprint density at radius 1 is 1.34 bits per heavy atom. The average Bonchev–Trinajstić information content (AvgIpc) is 2.70. The summed E-state index contributed by atoms with van der Waals surface area (Å²) < 4.78 is 9.78. The molecule has 7 N–H and O–H groups in total. The number of aromatic nitrogens is 3. The number of nitrogens with one attached hydrogen (secondary N) is 1. The predicted molar refractivity (Wildman–Crippen MR) is 110 cm³/mol. The summed E-state index contributed by atoms with van der Waals surface area (Å²) in [6.45, 7) is -0.341. The summed E-state index contributed by atoms with van der Waals surface area (Å²) >= 11 is 2.27. The molecule has 0 aliphatic carbocycles. The first kappa shape index (κ1) is 25.7. The lowest BCUT2D eigenvalue weighted by molar-refractivity contribution is -0.147. The van der Waals surface area contributed by atoms with Crippen LogP contribution in [0, 0.1) is 0 Å². The minimum Gasteiger partial charge on any atom is -0.477 e. The van der Waals surface area contributed by atoms with Crippen LogP contribution in [0.5, 0.6) is 0 Å². The molecule has 1 amide bonds. The van der Waals surface area contributed by atoms with E-state index in [9.17, 15) is 29.1 Å². The lowest BCUT2D eigenvalue weighted by atomic mass is 10.0. The number of aldehydes is 1. The Labute approximate surface area is 186 Å². The van der Waals surface area contributed by atoms with Crippen molar-refractivity contribution in [2.24, 2.45) is 5.73 Å². The minimum atomic E-state index is -4.64. The van der Waals surface area contributed by atoms with Gasteiger partial charge in [-0.3, -0.25) is 23.9 Å². The number of amides is 1. The van der Waals surface area contributed by atoms with Crippen LogP contribution in [0.3, 0.4) is 0 Å². The number of rotatable bonds is 6. The number of hydrogen-bond donors (Lipinski definition) is 6. The first-order valence-electron chi connectivity index (χ1n) is 8.28. The fraction of sp³-hybridized carbons (Fsp3) is 0.286. The number of nitrogens with two attached hydrogens (primary N) is 1. The minimum absolute atomic E-state index is 0.0591. The van der Waals surface area contributed by atoms with Gasteiger partial charge in [-0.1, -0.05) is 11.8 Å². The number of carboxylic acid groups (broad SMARTS) is 1. The number of hydrogen-bond acceptors (Lipinski definition) is 10. The Hall–Kier alpha value is -2.53. The third-order valence-electron chi connectivity index (χ3n) is 3.86. The highest BCUT2D eigenvalue weighted by Crippen LogP contribution is 2.40. The molecule has 0 radical (unpaired) electrons. The zero-order chi connectivity index (χ0) is 24.2. The van der Waals surface area contributed by atoms with Crippen molar-refractivity contribution in [1.29, 1.82) is 0 Å². The highest BCUT2D eigenvalue weighted by atomic mass is 32.2. The molecule has 32 heavy (non-hydrogen) atoms. The van der Waals surface area contributed by atoms with E-state index in [1.807, 2.05) is 5.10 Å². The van der Waals surface area contributed by atoms with Gasteiger partial charge in [0.25, 0.3) is 0 Å². The van der Waals surface area contributed by atoms with Crippen molar-refractivity contribution in [2.45, 2.75) is 23.1 Å². The van der Waals surface area contributed by atoms with E-state index >= 15 is 0 Å². The van der Waals surface area contributed by atoms with Gasteiger partial charge in [0.2, 0.25) is 5.91 Å². The lowest BCUT2D eigenvalue weighted by Gasteiger charge is -2.47. The summed E-state index contributed by atoms with van der Waals surface area (Å²) in [6, 6.07) is -0.715. The van der Waals surface area contributed by atoms with Gasteiger partial charge in [-0.25, -0.2) is 14.5 Å². The molecular weight excluding hydrogens is 493 g/mol. The zero-order valence-electron chi connectivity index (χ0n) is 15.7. The van der Waals surface area contributed by atoms with Crippen molar-refractivity contribution in [2.75, 3.05) is 5.75 Å². The highest BCUT2D eigenvalue weighted by molar-refractivity contribution is 8.02. The Kier molecular flexibility index (Phi) is 8.35. The first-order chi connectivity index (χ1) is 14.9. The molecule has 2 aliphatic heterocycles. The molecule has 0 saturated carbocycles.